The van der Waals surface area contributed by atoms with E-state index in [0.717, 1.165) is 31.8 Å². The van der Waals surface area contributed by atoms with Crippen LogP contribution in [0.3, 0.4) is 0 Å². The monoisotopic (exact) mass is 212 g/mol. The van der Waals surface area contributed by atoms with Crippen molar-refractivity contribution in [3.63, 3.8) is 0 Å². The van der Waals surface area contributed by atoms with E-state index in [9.17, 15) is 4.79 Å². The number of aliphatic imine (C=N–C) groups is 1. The van der Waals surface area contributed by atoms with E-state index in [1.165, 1.54) is 12.8 Å². The van der Waals surface area contributed by atoms with Crippen molar-refractivity contribution in [1.29, 1.82) is 0 Å². The van der Waals surface area contributed by atoms with E-state index in [4.69, 9.17) is 4.74 Å². The summed E-state index contributed by atoms with van der Waals surface area (Å²) in [4.78, 5) is 15.4. The van der Waals surface area contributed by atoms with Crippen LogP contribution in [0.2, 0.25) is 0 Å². The topological polar surface area (TPSA) is 50.7 Å². The van der Waals surface area contributed by atoms with Crippen molar-refractivity contribution in [2.45, 2.75) is 39.0 Å². The van der Waals surface area contributed by atoms with Crippen LogP contribution in [0.5, 0.6) is 0 Å². The third-order valence-corrected chi connectivity index (χ3v) is 2.32. The normalized spacial score (nSPS) is 15.7. The highest BCUT2D eigenvalue weighted by molar-refractivity contribution is 5.82. The number of ether oxygens (including phenoxy) is 1. The summed E-state index contributed by atoms with van der Waals surface area (Å²) >= 11 is 0. The Kier molecular flexibility index (Phi) is 5.81. The molecule has 0 aromatic rings. The van der Waals surface area contributed by atoms with Crippen LogP contribution < -0.4 is 5.32 Å². The maximum atomic E-state index is 11.0. The van der Waals surface area contributed by atoms with Gasteiger partial charge in [0.2, 0.25) is 0 Å². The van der Waals surface area contributed by atoms with Crippen LogP contribution in [0.25, 0.3) is 0 Å². The predicted octanol–water partition coefficient (Wildman–Crippen LogP) is 1.50. The first-order valence-electron chi connectivity index (χ1n) is 5.75. The third-order valence-electron chi connectivity index (χ3n) is 2.32. The Hall–Kier alpha value is -1.06. The van der Waals surface area contributed by atoms with Crippen LogP contribution in [0.15, 0.2) is 4.99 Å². The molecule has 86 valence electrons. The summed E-state index contributed by atoms with van der Waals surface area (Å²) in [5.41, 5.74) is 0. The van der Waals surface area contributed by atoms with Crippen LogP contribution in [0, 0.1) is 0 Å². The molecule has 0 saturated carbocycles. The molecule has 0 bridgehead atoms. The number of carbonyl (C=O) groups excluding carboxylic acids is 1. The van der Waals surface area contributed by atoms with Crippen molar-refractivity contribution in [2.75, 3.05) is 19.7 Å². The molecule has 0 spiro atoms. The highest BCUT2D eigenvalue weighted by Crippen LogP contribution is 2.03. The summed E-state index contributed by atoms with van der Waals surface area (Å²) in [5, 5.41) is 3.26. The third kappa shape index (κ3) is 5.40. The number of rotatable bonds is 5. The Balaban J connectivity index is 2.01. The molecule has 1 aliphatic rings. The Morgan fingerprint density at radius 2 is 2.40 bits per heavy atom. The summed E-state index contributed by atoms with van der Waals surface area (Å²) in [6.07, 6.45) is 4.79. The maximum absolute atomic E-state index is 11.0. The largest absolute Gasteiger partial charge is 0.466 e. The van der Waals surface area contributed by atoms with Crippen LogP contribution in [0.1, 0.15) is 39.0 Å². The number of amidine groups is 1. The van der Waals surface area contributed by atoms with E-state index < -0.39 is 0 Å². The molecule has 15 heavy (non-hydrogen) atoms. The van der Waals surface area contributed by atoms with Gasteiger partial charge in [-0.25, -0.2) is 0 Å². The molecule has 0 aromatic heterocycles. The van der Waals surface area contributed by atoms with Gasteiger partial charge in [-0.15, -0.1) is 0 Å². The number of nitrogens with zero attached hydrogens (tertiary/aromatic N) is 1. The molecule has 1 aliphatic heterocycles. The number of carbonyl (C=O) groups is 1. The lowest BCUT2D eigenvalue weighted by Crippen LogP contribution is -2.27. The van der Waals surface area contributed by atoms with Crippen molar-refractivity contribution in [3.05, 3.63) is 0 Å². The van der Waals surface area contributed by atoms with Crippen LogP contribution in [-0.4, -0.2) is 31.5 Å². The number of esters is 1. The average Bonchev–Trinajstić information content (AvgIpc) is 2.26. The Labute approximate surface area is 91.1 Å². The molecule has 4 heteroatoms. The zero-order chi connectivity index (χ0) is 10.9. The van der Waals surface area contributed by atoms with Crippen LogP contribution in [0.4, 0.5) is 0 Å². The molecule has 0 atom stereocenters. The molecular formula is C11H20N2O2. The highest BCUT2D eigenvalue weighted by Gasteiger charge is 2.05. The molecule has 0 amide bonds. The zero-order valence-corrected chi connectivity index (χ0v) is 9.42. The second-order valence-electron chi connectivity index (χ2n) is 3.62. The van der Waals surface area contributed by atoms with Gasteiger partial charge in [0.05, 0.1) is 12.4 Å². The minimum Gasteiger partial charge on any atom is -0.466 e. The molecule has 4 nitrogen and oxygen atoms in total. The number of hydrogen-bond acceptors (Lipinski definition) is 4. The second kappa shape index (κ2) is 7.26. The summed E-state index contributed by atoms with van der Waals surface area (Å²) in [6, 6.07) is 0. The maximum Gasteiger partial charge on any atom is 0.305 e. The van der Waals surface area contributed by atoms with Gasteiger partial charge in [0.1, 0.15) is 0 Å². The molecule has 0 aliphatic carbocycles. The summed E-state index contributed by atoms with van der Waals surface area (Å²) in [6.45, 7) is 4.06. The molecule has 0 fully saturated rings. The SMILES string of the molecule is CCOC(=O)CCCNC1=NCCCC1. The molecule has 1 N–H and O–H groups in total. The van der Waals surface area contributed by atoms with E-state index in [-0.39, 0.29) is 5.97 Å². The Bertz CT molecular complexity index is 227. The molecule has 1 rings (SSSR count). The fourth-order valence-electron chi connectivity index (χ4n) is 1.54. The molecular weight excluding hydrogens is 192 g/mol. The van der Waals surface area contributed by atoms with E-state index >= 15 is 0 Å². The summed E-state index contributed by atoms with van der Waals surface area (Å²) in [7, 11) is 0. The van der Waals surface area contributed by atoms with E-state index in [2.05, 4.69) is 10.3 Å². The summed E-state index contributed by atoms with van der Waals surface area (Å²) in [5.74, 6) is 0.995. The van der Waals surface area contributed by atoms with Gasteiger partial charge < -0.3 is 10.1 Å². The van der Waals surface area contributed by atoms with Gasteiger partial charge in [-0.2, -0.15) is 0 Å². The van der Waals surface area contributed by atoms with Gasteiger partial charge >= 0.3 is 5.97 Å². The highest BCUT2D eigenvalue weighted by atomic mass is 16.5. The minimum atomic E-state index is -0.107. The molecule has 0 radical (unpaired) electrons. The molecule has 1 heterocycles. The van der Waals surface area contributed by atoms with Crippen molar-refractivity contribution in [2.24, 2.45) is 4.99 Å². The Morgan fingerprint density at radius 1 is 1.53 bits per heavy atom. The molecule has 0 saturated heterocycles. The van der Waals surface area contributed by atoms with Gasteiger partial charge in [0.15, 0.2) is 0 Å². The van der Waals surface area contributed by atoms with Crippen LogP contribution >= 0.6 is 0 Å². The van der Waals surface area contributed by atoms with Crippen molar-refractivity contribution >= 4 is 11.8 Å². The van der Waals surface area contributed by atoms with Gasteiger partial charge in [-0.05, 0) is 26.2 Å². The number of nitrogens with one attached hydrogen (secondary N) is 1. The van der Waals surface area contributed by atoms with E-state index in [0.29, 0.717) is 13.0 Å². The number of hydrogen-bond donors (Lipinski definition) is 1. The fraction of sp³-hybridized carbons (Fsp3) is 0.818. The van der Waals surface area contributed by atoms with Crippen molar-refractivity contribution < 1.29 is 9.53 Å². The zero-order valence-electron chi connectivity index (χ0n) is 9.42. The Morgan fingerprint density at radius 3 is 3.07 bits per heavy atom. The minimum absolute atomic E-state index is 0.107. The van der Waals surface area contributed by atoms with E-state index in [1.807, 2.05) is 6.92 Å². The lowest BCUT2D eigenvalue weighted by molar-refractivity contribution is -0.143. The fourth-order valence-corrected chi connectivity index (χ4v) is 1.54. The second-order valence-corrected chi connectivity index (χ2v) is 3.62. The summed E-state index contributed by atoms with van der Waals surface area (Å²) < 4.78 is 4.84. The van der Waals surface area contributed by atoms with Gasteiger partial charge in [0, 0.05) is 25.9 Å². The average molecular weight is 212 g/mol. The van der Waals surface area contributed by atoms with Gasteiger partial charge in [-0.3, -0.25) is 9.79 Å². The molecule has 0 aromatic carbocycles. The van der Waals surface area contributed by atoms with Crippen molar-refractivity contribution in [3.8, 4) is 0 Å². The van der Waals surface area contributed by atoms with Gasteiger partial charge in [0.25, 0.3) is 0 Å². The van der Waals surface area contributed by atoms with E-state index in [1.54, 1.807) is 0 Å². The first-order chi connectivity index (χ1) is 7.33. The van der Waals surface area contributed by atoms with Crippen LogP contribution in [-0.2, 0) is 9.53 Å². The quantitative estimate of drug-likeness (QED) is 0.555. The van der Waals surface area contributed by atoms with Crippen molar-refractivity contribution in [1.82, 2.24) is 5.32 Å². The lowest BCUT2D eigenvalue weighted by atomic mass is 10.2. The smallest absolute Gasteiger partial charge is 0.305 e. The standard InChI is InChI=1S/C11H20N2O2/c1-2-15-11(14)7-5-9-13-10-6-3-4-8-12-10/h2-9H2,1H3,(H,12,13). The molecule has 0 unspecified atom stereocenters. The first kappa shape index (κ1) is 12.0. The first-order valence-corrected chi connectivity index (χ1v) is 5.75. The van der Waals surface area contributed by atoms with Gasteiger partial charge in [-0.1, -0.05) is 0 Å². The predicted molar refractivity (Wildman–Crippen MR) is 60.0 cm³/mol. The lowest BCUT2D eigenvalue weighted by Gasteiger charge is -2.13.